The molecule has 1 aromatic heterocycles. The van der Waals surface area contributed by atoms with E-state index in [1.54, 1.807) is 14.2 Å². The molecule has 21 heavy (non-hydrogen) atoms. The number of benzene rings is 1. The number of methoxy groups -OCH3 is 2. The summed E-state index contributed by atoms with van der Waals surface area (Å²) in [6.45, 7) is 1.55. The number of rotatable bonds is 3. The van der Waals surface area contributed by atoms with Gasteiger partial charge in [0.15, 0.2) is 11.5 Å². The third-order valence-electron chi connectivity index (χ3n) is 4.01. The highest BCUT2D eigenvalue weighted by Gasteiger charge is 2.34. The van der Waals surface area contributed by atoms with Gasteiger partial charge in [-0.3, -0.25) is 0 Å². The van der Waals surface area contributed by atoms with Crippen molar-refractivity contribution in [2.75, 3.05) is 27.3 Å². The van der Waals surface area contributed by atoms with Crippen molar-refractivity contribution in [3.05, 3.63) is 24.2 Å². The maximum Gasteiger partial charge on any atom is 0.162 e. The Labute approximate surface area is 123 Å². The topological polar surface area (TPSA) is 76.5 Å². The van der Waals surface area contributed by atoms with Crippen molar-refractivity contribution in [3.8, 4) is 11.5 Å². The lowest BCUT2D eigenvalue weighted by Crippen LogP contribution is -2.40. The van der Waals surface area contributed by atoms with E-state index in [2.05, 4.69) is 15.3 Å². The van der Waals surface area contributed by atoms with Crippen molar-refractivity contribution >= 4 is 10.9 Å². The van der Waals surface area contributed by atoms with Gasteiger partial charge in [0.1, 0.15) is 11.9 Å². The minimum atomic E-state index is -0.925. The molecule has 0 radical (unpaired) electrons. The van der Waals surface area contributed by atoms with Gasteiger partial charge in [0, 0.05) is 11.5 Å². The summed E-state index contributed by atoms with van der Waals surface area (Å²) in [5.74, 6) is 1.23. The summed E-state index contributed by atoms with van der Waals surface area (Å²) >= 11 is 0. The molecule has 2 aromatic rings. The summed E-state index contributed by atoms with van der Waals surface area (Å²) in [5.41, 5.74) is 0.478. The first kappa shape index (κ1) is 14.0. The van der Waals surface area contributed by atoms with E-state index in [0.29, 0.717) is 30.0 Å². The van der Waals surface area contributed by atoms with Crippen LogP contribution in [0.15, 0.2) is 18.5 Å². The average molecular weight is 289 g/mol. The number of aromatic nitrogens is 2. The van der Waals surface area contributed by atoms with Crippen molar-refractivity contribution in [2.45, 2.75) is 18.4 Å². The molecule has 0 atom stereocenters. The lowest BCUT2D eigenvalue weighted by molar-refractivity contribution is 0.00330. The van der Waals surface area contributed by atoms with E-state index in [0.717, 1.165) is 24.0 Å². The third kappa shape index (κ3) is 2.41. The Morgan fingerprint density at radius 1 is 1.10 bits per heavy atom. The predicted molar refractivity (Wildman–Crippen MR) is 78.6 cm³/mol. The lowest BCUT2D eigenvalue weighted by Gasteiger charge is -2.32. The predicted octanol–water partition coefficient (Wildman–Crippen LogP) is 1.22. The summed E-state index contributed by atoms with van der Waals surface area (Å²) < 4.78 is 10.6. The second-order valence-electron chi connectivity index (χ2n) is 5.23. The number of nitrogens with zero attached hydrogens (tertiary/aromatic N) is 2. The van der Waals surface area contributed by atoms with Crippen molar-refractivity contribution < 1.29 is 14.6 Å². The van der Waals surface area contributed by atoms with Crippen LogP contribution in [0.4, 0.5) is 0 Å². The molecule has 3 rings (SSSR count). The maximum absolute atomic E-state index is 10.9. The molecule has 2 heterocycles. The number of nitrogens with one attached hydrogen (secondary N) is 1. The highest BCUT2D eigenvalue weighted by Crippen LogP contribution is 2.37. The molecule has 1 fully saturated rings. The molecule has 2 N–H and O–H groups in total. The molecule has 1 saturated heterocycles. The number of ether oxygens (including phenoxy) is 2. The van der Waals surface area contributed by atoms with E-state index in [4.69, 9.17) is 9.47 Å². The van der Waals surface area contributed by atoms with E-state index < -0.39 is 5.60 Å². The highest BCUT2D eigenvalue weighted by molar-refractivity contribution is 5.85. The number of hydrogen-bond acceptors (Lipinski definition) is 6. The monoisotopic (exact) mass is 289 g/mol. The van der Waals surface area contributed by atoms with Crippen molar-refractivity contribution in [2.24, 2.45) is 0 Å². The molecule has 1 aliphatic rings. The first-order valence-electron chi connectivity index (χ1n) is 6.98. The smallest absolute Gasteiger partial charge is 0.162 e. The fourth-order valence-electron chi connectivity index (χ4n) is 2.83. The van der Waals surface area contributed by atoms with Gasteiger partial charge in [-0.05, 0) is 32.0 Å². The van der Waals surface area contributed by atoms with Gasteiger partial charge in [0.05, 0.1) is 25.4 Å². The van der Waals surface area contributed by atoms with Crippen LogP contribution < -0.4 is 14.8 Å². The van der Waals surface area contributed by atoms with Gasteiger partial charge in [-0.15, -0.1) is 0 Å². The Balaban J connectivity index is 2.19. The number of piperidine rings is 1. The lowest BCUT2D eigenvalue weighted by atomic mass is 9.87. The molecule has 1 aromatic carbocycles. The Kier molecular flexibility index (Phi) is 3.65. The summed E-state index contributed by atoms with van der Waals surface area (Å²) in [6.07, 6.45) is 2.75. The molecule has 6 nitrogen and oxygen atoms in total. The normalized spacial score (nSPS) is 17.7. The maximum atomic E-state index is 10.9. The second kappa shape index (κ2) is 5.46. The first-order valence-corrected chi connectivity index (χ1v) is 6.98. The summed E-state index contributed by atoms with van der Waals surface area (Å²) in [6, 6.07) is 3.65. The first-order chi connectivity index (χ1) is 10.2. The van der Waals surface area contributed by atoms with Gasteiger partial charge < -0.3 is 19.9 Å². The Morgan fingerprint density at radius 3 is 2.43 bits per heavy atom. The molecule has 0 bridgehead atoms. The van der Waals surface area contributed by atoms with Crippen LogP contribution in [-0.2, 0) is 5.60 Å². The zero-order valence-corrected chi connectivity index (χ0v) is 12.2. The Morgan fingerprint density at radius 2 is 1.76 bits per heavy atom. The minimum absolute atomic E-state index is 0.610. The van der Waals surface area contributed by atoms with E-state index >= 15 is 0 Å². The van der Waals surface area contributed by atoms with Crippen LogP contribution in [0.3, 0.4) is 0 Å². The van der Waals surface area contributed by atoms with Gasteiger partial charge in [-0.2, -0.15) is 0 Å². The molecule has 6 heteroatoms. The van der Waals surface area contributed by atoms with Crippen LogP contribution >= 0.6 is 0 Å². The molecule has 1 aliphatic heterocycles. The van der Waals surface area contributed by atoms with Crippen LogP contribution in [0.25, 0.3) is 10.9 Å². The highest BCUT2D eigenvalue weighted by atomic mass is 16.5. The average Bonchev–Trinajstić information content (AvgIpc) is 2.53. The second-order valence-corrected chi connectivity index (χ2v) is 5.23. The molecule has 0 unspecified atom stereocenters. The van der Waals surface area contributed by atoms with Crippen molar-refractivity contribution in [1.82, 2.24) is 15.3 Å². The minimum Gasteiger partial charge on any atom is -0.493 e. The van der Waals surface area contributed by atoms with Crippen LogP contribution in [0, 0.1) is 0 Å². The van der Waals surface area contributed by atoms with Crippen LogP contribution in [-0.4, -0.2) is 42.4 Å². The summed E-state index contributed by atoms with van der Waals surface area (Å²) in [4.78, 5) is 8.63. The molecular weight excluding hydrogens is 270 g/mol. The Bertz CT molecular complexity index is 654. The van der Waals surface area contributed by atoms with Gasteiger partial charge >= 0.3 is 0 Å². The quantitative estimate of drug-likeness (QED) is 0.884. The largest absolute Gasteiger partial charge is 0.493 e. The van der Waals surface area contributed by atoms with Crippen LogP contribution in [0.1, 0.15) is 18.5 Å². The standard InChI is InChI=1S/C15H19N3O3/c1-20-12-7-10-11(8-13(12)21-2)17-9-18-14(10)15(19)3-5-16-6-4-15/h7-9,16,19H,3-6H2,1-2H3. The van der Waals surface area contributed by atoms with Crippen LogP contribution in [0.2, 0.25) is 0 Å². The third-order valence-corrected chi connectivity index (χ3v) is 4.01. The zero-order chi connectivity index (χ0) is 14.9. The molecular formula is C15H19N3O3. The molecule has 0 amide bonds. The summed E-state index contributed by atoms with van der Waals surface area (Å²) in [5, 5.41) is 15.0. The van der Waals surface area contributed by atoms with Gasteiger partial charge in [0.2, 0.25) is 0 Å². The van der Waals surface area contributed by atoms with Crippen molar-refractivity contribution in [3.63, 3.8) is 0 Å². The van der Waals surface area contributed by atoms with Gasteiger partial charge in [-0.25, -0.2) is 9.97 Å². The van der Waals surface area contributed by atoms with Gasteiger partial charge in [-0.1, -0.05) is 0 Å². The molecule has 0 spiro atoms. The molecule has 112 valence electrons. The number of fused-ring (bicyclic) bond motifs is 1. The van der Waals surface area contributed by atoms with E-state index in [1.165, 1.54) is 6.33 Å². The van der Waals surface area contributed by atoms with Crippen LogP contribution in [0.5, 0.6) is 11.5 Å². The fraction of sp³-hybridized carbons (Fsp3) is 0.467. The Hall–Kier alpha value is -1.92. The van der Waals surface area contributed by atoms with E-state index in [9.17, 15) is 5.11 Å². The van der Waals surface area contributed by atoms with Crippen molar-refractivity contribution in [1.29, 1.82) is 0 Å². The number of hydrogen-bond donors (Lipinski definition) is 2. The fourth-order valence-corrected chi connectivity index (χ4v) is 2.83. The molecule has 0 saturated carbocycles. The van der Waals surface area contributed by atoms with E-state index in [1.807, 2.05) is 12.1 Å². The summed E-state index contributed by atoms with van der Waals surface area (Å²) in [7, 11) is 3.18. The number of aliphatic hydroxyl groups is 1. The van der Waals surface area contributed by atoms with E-state index in [-0.39, 0.29) is 0 Å². The SMILES string of the molecule is COc1cc2ncnc(C3(O)CCNCC3)c2cc1OC. The molecule has 0 aliphatic carbocycles. The zero-order valence-electron chi connectivity index (χ0n) is 12.2. The van der Waals surface area contributed by atoms with Gasteiger partial charge in [0.25, 0.3) is 0 Å².